The van der Waals surface area contributed by atoms with Gasteiger partial charge in [0.1, 0.15) is 0 Å². The Morgan fingerprint density at radius 3 is 2.71 bits per heavy atom. The summed E-state index contributed by atoms with van der Waals surface area (Å²) >= 11 is 0. The van der Waals surface area contributed by atoms with Crippen molar-refractivity contribution in [2.45, 2.75) is 31.4 Å². The normalized spacial score (nSPS) is 28.4. The molecule has 5 heteroatoms. The van der Waals surface area contributed by atoms with Gasteiger partial charge in [0.2, 0.25) is 5.91 Å². The lowest BCUT2D eigenvalue weighted by atomic mass is 9.91. The zero-order valence-electron chi connectivity index (χ0n) is 10.4. The van der Waals surface area contributed by atoms with Crippen molar-refractivity contribution in [1.29, 1.82) is 0 Å². The van der Waals surface area contributed by atoms with E-state index in [4.69, 9.17) is 15.2 Å². The highest BCUT2D eigenvalue weighted by Gasteiger charge is 2.33. The third-order valence-corrected chi connectivity index (χ3v) is 3.85. The zero-order valence-corrected chi connectivity index (χ0v) is 10.4. The first-order valence-corrected chi connectivity index (χ1v) is 6.37. The van der Waals surface area contributed by atoms with Gasteiger partial charge in [-0.05, 0) is 25.2 Å². The molecule has 0 saturated carbocycles. The van der Waals surface area contributed by atoms with E-state index in [-0.39, 0.29) is 24.0 Å². The van der Waals surface area contributed by atoms with Crippen LogP contribution in [0, 0.1) is 5.92 Å². The van der Waals surface area contributed by atoms with Gasteiger partial charge >= 0.3 is 0 Å². The Hall–Kier alpha value is -0.650. The van der Waals surface area contributed by atoms with Crippen molar-refractivity contribution < 1.29 is 14.3 Å². The molecule has 1 unspecified atom stereocenters. The van der Waals surface area contributed by atoms with E-state index in [0.717, 1.165) is 39.0 Å². The third kappa shape index (κ3) is 2.97. The van der Waals surface area contributed by atoms with E-state index in [0.29, 0.717) is 6.54 Å². The van der Waals surface area contributed by atoms with Crippen molar-refractivity contribution in [2.24, 2.45) is 11.7 Å². The second-order valence-electron chi connectivity index (χ2n) is 4.91. The van der Waals surface area contributed by atoms with E-state index in [1.807, 2.05) is 4.90 Å². The van der Waals surface area contributed by atoms with Gasteiger partial charge in [0.15, 0.2) is 0 Å². The fourth-order valence-corrected chi connectivity index (χ4v) is 2.61. The van der Waals surface area contributed by atoms with Crippen LogP contribution in [0.2, 0.25) is 0 Å². The predicted molar refractivity (Wildman–Crippen MR) is 63.5 cm³/mol. The van der Waals surface area contributed by atoms with Crippen LogP contribution in [0.5, 0.6) is 0 Å². The number of likely N-dealkylation sites (tertiary alicyclic amines) is 1. The Morgan fingerprint density at radius 2 is 2.12 bits per heavy atom. The van der Waals surface area contributed by atoms with E-state index < -0.39 is 0 Å². The van der Waals surface area contributed by atoms with Gasteiger partial charge in [0, 0.05) is 33.4 Å². The molecule has 2 rings (SSSR count). The number of hydrogen-bond acceptors (Lipinski definition) is 4. The van der Waals surface area contributed by atoms with Gasteiger partial charge in [-0.15, -0.1) is 0 Å². The zero-order chi connectivity index (χ0) is 12.3. The maximum atomic E-state index is 12.2. The maximum absolute atomic E-state index is 12.2. The monoisotopic (exact) mass is 242 g/mol. The standard InChI is InChI=1S/C12H22N2O3/c1-16-10-2-5-14(8-10)12(15)11(13)9-3-6-17-7-4-9/h9-11H,2-8,13H2,1H3/t10-,11?/m0/s1. The van der Waals surface area contributed by atoms with Crippen LogP contribution >= 0.6 is 0 Å². The molecule has 2 heterocycles. The summed E-state index contributed by atoms with van der Waals surface area (Å²) in [4.78, 5) is 14.1. The van der Waals surface area contributed by atoms with Crippen molar-refractivity contribution in [3.05, 3.63) is 0 Å². The Kier molecular flexibility index (Phi) is 4.36. The highest BCUT2D eigenvalue weighted by Crippen LogP contribution is 2.21. The minimum atomic E-state index is -0.366. The number of nitrogens with zero attached hydrogens (tertiary/aromatic N) is 1. The van der Waals surface area contributed by atoms with Gasteiger partial charge in [-0.3, -0.25) is 4.79 Å². The number of carbonyl (C=O) groups is 1. The molecule has 0 aromatic heterocycles. The first kappa shape index (κ1) is 12.8. The number of ether oxygens (including phenoxy) is 2. The molecule has 0 aromatic rings. The van der Waals surface area contributed by atoms with Crippen LogP contribution in [0.4, 0.5) is 0 Å². The van der Waals surface area contributed by atoms with Crippen LogP contribution in [0.15, 0.2) is 0 Å². The maximum Gasteiger partial charge on any atom is 0.239 e. The predicted octanol–water partition coefficient (Wildman–Crippen LogP) is -0.0124. The molecule has 5 nitrogen and oxygen atoms in total. The van der Waals surface area contributed by atoms with Crippen molar-refractivity contribution in [3.63, 3.8) is 0 Å². The van der Waals surface area contributed by atoms with E-state index in [2.05, 4.69) is 0 Å². The number of methoxy groups -OCH3 is 1. The number of amides is 1. The minimum absolute atomic E-state index is 0.0800. The Morgan fingerprint density at radius 1 is 1.41 bits per heavy atom. The summed E-state index contributed by atoms with van der Waals surface area (Å²) in [6.45, 7) is 2.92. The van der Waals surface area contributed by atoms with E-state index >= 15 is 0 Å². The molecule has 2 aliphatic heterocycles. The summed E-state index contributed by atoms with van der Waals surface area (Å²) in [7, 11) is 1.69. The van der Waals surface area contributed by atoms with Gasteiger partial charge in [-0.2, -0.15) is 0 Å². The molecule has 0 aromatic carbocycles. The van der Waals surface area contributed by atoms with Crippen LogP contribution in [0.3, 0.4) is 0 Å². The lowest BCUT2D eigenvalue weighted by molar-refractivity contribution is -0.134. The third-order valence-electron chi connectivity index (χ3n) is 3.85. The van der Waals surface area contributed by atoms with E-state index in [9.17, 15) is 4.79 Å². The quantitative estimate of drug-likeness (QED) is 0.756. The lowest BCUT2D eigenvalue weighted by Gasteiger charge is -2.29. The molecule has 0 spiro atoms. The molecule has 0 aliphatic carbocycles. The highest BCUT2D eigenvalue weighted by atomic mass is 16.5. The van der Waals surface area contributed by atoms with Crippen molar-refractivity contribution >= 4 is 5.91 Å². The molecular formula is C12H22N2O3. The van der Waals surface area contributed by atoms with E-state index in [1.165, 1.54) is 0 Å². The molecule has 1 amide bonds. The number of carbonyl (C=O) groups excluding carboxylic acids is 1. The lowest BCUT2D eigenvalue weighted by Crippen LogP contribution is -2.48. The molecule has 2 atom stereocenters. The number of rotatable bonds is 3. The number of nitrogens with two attached hydrogens (primary N) is 1. The summed E-state index contributed by atoms with van der Waals surface area (Å²) in [5.41, 5.74) is 6.07. The second kappa shape index (κ2) is 5.80. The summed E-state index contributed by atoms with van der Waals surface area (Å²) in [6.07, 6.45) is 2.90. The van der Waals surface area contributed by atoms with Crippen LogP contribution in [-0.2, 0) is 14.3 Å². The smallest absolute Gasteiger partial charge is 0.239 e. The largest absolute Gasteiger partial charge is 0.381 e. The average molecular weight is 242 g/mol. The molecule has 17 heavy (non-hydrogen) atoms. The average Bonchev–Trinajstić information content (AvgIpc) is 2.87. The van der Waals surface area contributed by atoms with Gasteiger partial charge in [-0.1, -0.05) is 0 Å². The number of hydrogen-bond donors (Lipinski definition) is 1. The van der Waals surface area contributed by atoms with Gasteiger partial charge in [0.05, 0.1) is 12.1 Å². The molecule has 98 valence electrons. The van der Waals surface area contributed by atoms with Crippen LogP contribution < -0.4 is 5.73 Å². The SMILES string of the molecule is CO[C@H]1CCN(C(=O)C(N)C2CCOCC2)C1. The molecule has 2 N–H and O–H groups in total. The molecule has 0 radical (unpaired) electrons. The molecule has 2 saturated heterocycles. The highest BCUT2D eigenvalue weighted by molar-refractivity contribution is 5.82. The topological polar surface area (TPSA) is 64.8 Å². The van der Waals surface area contributed by atoms with Crippen molar-refractivity contribution in [2.75, 3.05) is 33.4 Å². The Bertz CT molecular complexity index is 266. The summed E-state index contributed by atoms with van der Waals surface area (Å²) < 4.78 is 10.6. The molecule has 2 aliphatic rings. The minimum Gasteiger partial charge on any atom is -0.381 e. The molecular weight excluding hydrogens is 220 g/mol. The Balaban J connectivity index is 1.86. The fraction of sp³-hybridized carbons (Fsp3) is 0.917. The fourth-order valence-electron chi connectivity index (χ4n) is 2.61. The van der Waals surface area contributed by atoms with Gasteiger partial charge in [-0.25, -0.2) is 0 Å². The Labute approximate surface area is 102 Å². The van der Waals surface area contributed by atoms with Crippen LogP contribution in [0.1, 0.15) is 19.3 Å². The summed E-state index contributed by atoms with van der Waals surface area (Å²) in [5, 5.41) is 0. The van der Waals surface area contributed by atoms with Gasteiger partial charge in [0.25, 0.3) is 0 Å². The second-order valence-corrected chi connectivity index (χ2v) is 4.91. The van der Waals surface area contributed by atoms with Crippen LogP contribution in [-0.4, -0.2) is 56.4 Å². The van der Waals surface area contributed by atoms with Crippen molar-refractivity contribution in [1.82, 2.24) is 4.90 Å². The first-order chi connectivity index (χ1) is 8.22. The molecule has 0 bridgehead atoms. The van der Waals surface area contributed by atoms with E-state index in [1.54, 1.807) is 7.11 Å². The molecule has 2 fully saturated rings. The summed E-state index contributed by atoms with van der Waals surface area (Å²) in [6, 6.07) is -0.366. The van der Waals surface area contributed by atoms with Crippen LogP contribution in [0.25, 0.3) is 0 Å². The van der Waals surface area contributed by atoms with Crippen molar-refractivity contribution in [3.8, 4) is 0 Å². The summed E-state index contributed by atoms with van der Waals surface area (Å²) in [5.74, 6) is 0.356. The first-order valence-electron chi connectivity index (χ1n) is 6.37. The van der Waals surface area contributed by atoms with Gasteiger partial charge < -0.3 is 20.1 Å².